The topological polar surface area (TPSA) is 55.1 Å². The lowest BCUT2D eigenvalue weighted by Gasteiger charge is -2.38. The van der Waals surface area contributed by atoms with Gasteiger partial charge in [0.05, 0.1) is 5.41 Å². The highest BCUT2D eigenvalue weighted by Gasteiger charge is 2.39. The fraction of sp³-hybridized carbons (Fsp3) is 0.938. The van der Waals surface area contributed by atoms with Gasteiger partial charge in [0.25, 0.3) is 0 Å². The van der Waals surface area contributed by atoms with Crippen LogP contribution in [-0.2, 0) is 4.79 Å². The van der Waals surface area contributed by atoms with Crippen molar-refractivity contribution in [2.75, 3.05) is 6.54 Å². The zero-order valence-electron chi connectivity index (χ0n) is 12.6. The highest BCUT2D eigenvalue weighted by molar-refractivity contribution is 5.83. The molecule has 0 spiro atoms. The lowest BCUT2D eigenvalue weighted by Crippen LogP contribution is -2.51. The standard InChI is InChI=1S/C16H30N2O/c1-12-8-13(2)10-14(9-12)18-15(19)16(11-17)6-4-3-5-7-16/h12-14H,3-11,17H2,1-2H3,(H,18,19). The van der Waals surface area contributed by atoms with E-state index in [1.54, 1.807) is 0 Å². The molecule has 3 heteroatoms. The fourth-order valence-electron chi connectivity index (χ4n) is 4.16. The predicted molar refractivity (Wildman–Crippen MR) is 78.7 cm³/mol. The lowest BCUT2D eigenvalue weighted by atomic mass is 9.72. The van der Waals surface area contributed by atoms with Gasteiger partial charge in [0.1, 0.15) is 0 Å². The van der Waals surface area contributed by atoms with Crippen LogP contribution < -0.4 is 11.1 Å². The largest absolute Gasteiger partial charge is 0.353 e. The maximum absolute atomic E-state index is 12.6. The molecule has 19 heavy (non-hydrogen) atoms. The van der Waals surface area contributed by atoms with Gasteiger partial charge in [-0.25, -0.2) is 0 Å². The summed E-state index contributed by atoms with van der Waals surface area (Å²) in [5, 5.41) is 3.32. The summed E-state index contributed by atoms with van der Waals surface area (Å²) in [6.45, 7) is 5.11. The Kier molecular flexibility index (Phi) is 4.88. The first-order valence-electron chi connectivity index (χ1n) is 8.07. The average molecular weight is 266 g/mol. The summed E-state index contributed by atoms with van der Waals surface area (Å²) in [6, 6.07) is 0.372. The minimum absolute atomic E-state index is 0.237. The van der Waals surface area contributed by atoms with Crippen molar-refractivity contribution >= 4 is 5.91 Å². The summed E-state index contributed by atoms with van der Waals surface area (Å²) in [4.78, 5) is 12.6. The second-order valence-corrected chi connectivity index (χ2v) is 7.13. The van der Waals surface area contributed by atoms with Gasteiger partial charge in [-0.1, -0.05) is 33.1 Å². The normalized spacial score (nSPS) is 34.8. The number of nitrogens with one attached hydrogen (secondary N) is 1. The Labute approximate surface area is 117 Å². The second kappa shape index (κ2) is 6.25. The maximum Gasteiger partial charge on any atom is 0.227 e. The van der Waals surface area contributed by atoms with Crippen molar-refractivity contribution in [2.45, 2.75) is 71.3 Å². The van der Waals surface area contributed by atoms with E-state index >= 15 is 0 Å². The van der Waals surface area contributed by atoms with Crippen molar-refractivity contribution in [3.8, 4) is 0 Å². The first kappa shape index (κ1) is 14.8. The second-order valence-electron chi connectivity index (χ2n) is 7.13. The molecule has 2 aliphatic carbocycles. The van der Waals surface area contributed by atoms with Crippen LogP contribution in [0, 0.1) is 17.3 Å². The van der Waals surface area contributed by atoms with Crippen LogP contribution in [0.25, 0.3) is 0 Å². The molecule has 3 nitrogen and oxygen atoms in total. The fourth-order valence-corrected chi connectivity index (χ4v) is 4.16. The van der Waals surface area contributed by atoms with E-state index < -0.39 is 0 Å². The Morgan fingerprint density at radius 3 is 2.21 bits per heavy atom. The van der Waals surface area contributed by atoms with Crippen LogP contribution in [0.2, 0.25) is 0 Å². The van der Waals surface area contributed by atoms with Gasteiger partial charge in [0.2, 0.25) is 5.91 Å². The zero-order chi connectivity index (χ0) is 13.9. The van der Waals surface area contributed by atoms with Crippen LogP contribution in [-0.4, -0.2) is 18.5 Å². The quantitative estimate of drug-likeness (QED) is 0.825. The van der Waals surface area contributed by atoms with Crippen molar-refractivity contribution in [1.29, 1.82) is 0 Å². The SMILES string of the molecule is CC1CC(C)CC(NC(=O)C2(CN)CCCCC2)C1. The molecule has 2 atom stereocenters. The molecule has 0 aliphatic heterocycles. The molecule has 0 heterocycles. The third-order valence-electron chi connectivity index (χ3n) is 5.20. The van der Waals surface area contributed by atoms with E-state index in [4.69, 9.17) is 5.73 Å². The zero-order valence-corrected chi connectivity index (χ0v) is 12.6. The Hall–Kier alpha value is -0.570. The molecule has 2 saturated carbocycles. The lowest BCUT2D eigenvalue weighted by molar-refractivity contribution is -0.133. The van der Waals surface area contributed by atoms with Gasteiger partial charge in [0.15, 0.2) is 0 Å². The van der Waals surface area contributed by atoms with E-state index in [1.807, 2.05) is 0 Å². The van der Waals surface area contributed by atoms with Crippen molar-refractivity contribution in [1.82, 2.24) is 5.32 Å². The van der Waals surface area contributed by atoms with Crippen molar-refractivity contribution in [3.05, 3.63) is 0 Å². The molecule has 0 aromatic heterocycles. The minimum atomic E-state index is -0.262. The molecule has 0 aromatic rings. The molecule has 3 N–H and O–H groups in total. The first-order valence-corrected chi connectivity index (χ1v) is 8.07. The Morgan fingerprint density at radius 1 is 1.11 bits per heavy atom. The van der Waals surface area contributed by atoms with Crippen LogP contribution in [0.15, 0.2) is 0 Å². The predicted octanol–water partition coefficient (Wildman–Crippen LogP) is 2.84. The molecule has 0 radical (unpaired) electrons. The summed E-state index contributed by atoms with van der Waals surface area (Å²) < 4.78 is 0. The number of rotatable bonds is 3. The Bertz CT molecular complexity index is 300. The van der Waals surface area contributed by atoms with E-state index in [0.717, 1.165) is 50.4 Å². The molecule has 110 valence electrons. The third kappa shape index (κ3) is 3.50. The summed E-state index contributed by atoms with van der Waals surface area (Å²) in [5.74, 6) is 1.70. The minimum Gasteiger partial charge on any atom is -0.353 e. The molecule has 2 unspecified atom stereocenters. The van der Waals surface area contributed by atoms with Crippen molar-refractivity contribution in [2.24, 2.45) is 23.0 Å². The van der Waals surface area contributed by atoms with Crippen LogP contribution in [0.4, 0.5) is 0 Å². The molecule has 2 fully saturated rings. The number of hydrogen-bond donors (Lipinski definition) is 2. The third-order valence-corrected chi connectivity index (χ3v) is 5.20. The molecule has 0 bridgehead atoms. The molecule has 2 rings (SSSR count). The number of nitrogens with two attached hydrogens (primary N) is 1. The summed E-state index contributed by atoms with van der Waals surface area (Å²) >= 11 is 0. The van der Waals surface area contributed by atoms with Gasteiger partial charge in [-0.2, -0.15) is 0 Å². The van der Waals surface area contributed by atoms with E-state index in [9.17, 15) is 4.79 Å². The highest BCUT2D eigenvalue weighted by atomic mass is 16.2. The number of carbonyl (C=O) groups excluding carboxylic acids is 1. The Balaban J connectivity index is 1.95. The van der Waals surface area contributed by atoms with Crippen molar-refractivity contribution in [3.63, 3.8) is 0 Å². The monoisotopic (exact) mass is 266 g/mol. The summed E-state index contributed by atoms with van der Waals surface area (Å²) in [6.07, 6.45) is 9.10. The van der Waals surface area contributed by atoms with Crippen molar-refractivity contribution < 1.29 is 4.79 Å². The van der Waals surface area contributed by atoms with Gasteiger partial charge < -0.3 is 11.1 Å². The van der Waals surface area contributed by atoms with Gasteiger partial charge in [-0.05, 0) is 43.9 Å². The van der Waals surface area contributed by atoms with Gasteiger partial charge in [-0.15, -0.1) is 0 Å². The van der Waals surface area contributed by atoms with Crippen LogP contribution in [0.3, 0.4) is 0 Å². The average Bonchev–Trinajstić information content (AvgIpc) is 2.38. The van der Waals surface area contributed by atoms with E-state index in [0.29, 0.717) is 12.6 Å². The highest BCUT2D eigenvalue weighted by Crippen LogP contribution is 2.36. The van der Waals surface area contributed by atoms with E-state index in [1.165, 1.54) is 12.8 Å². The van der Waals surface area contributed by atoms with Crippen LogP contribution in [0.1, 0.15) is 65.2 Å². The maximum atomic E-state index is 12.6. The summed E-state index contributed by atoms with van der Waals surface area (Å²) in [5.41, 5.74) is 5.68. The van der Waals surface area contributed by atoms with Crippen LogP contribution >= 0.6 is 0 Å². The Morgan fingerprint density at radius 2 is 1.68 bits per heavy atom. The van der Waals surface area contributed by atoms with Crippen LogP contribution in [0.5, 0.6) is 0 Å². The smallest absolute Gasteiger partial charge is 0.227 e. The van der Waals surface area contributed by atoms with E-state index in [-0.39, 0.29) is 11.3 Å². The van der Waals surface area contributed by atoms with Gasteiger partial charge in [-0.3, -0.25) is 4.79 Å². The van der Waals surface area contributed by atoms with E-state index in [2.05, 4.69) is 19.2 Å². The molecule has 1 amide bonds. The molecule has 0 aromatic carbocycles. The van der Waals surface area contributed by atoms with Gasteiger partial charge in [0, 0.05) is 12.6 Å². The molecule has 2 aliphatic rings. The number of amides is 1. The number of carbonyl (C=O) groups is 1. The van der Waals surface area contributed by atoms with Gasteiger partial charge >= 0.3 is 0 Å². The molecular weight excluding hydrogens is 236 g/mol. The first-order chi connectivity index (χ1) is 9.05. The summed E-state index contributed by atoms with van der Waals surface area (Å²) in [7, 11) is 0. The molecular formula is C16H30N2O. The molecule has 0 saturated heterocycles. The number of hydrogen-bond acceptors (Lipinski definition) is 2.